The summed E-state index contributed by atoms with van der Waals surface area (Å²) in [6, 6.07) is -0.126. The number of hydrogen-bond acceptors (Lipinski definition) is 6. The van der Waals surface area contributed by atoms with Crippen LogP contribution in [0.4, 0.5) is 0 Å². The lowest BCUT2D eigenvalue weighted by Gasteiger charge is -2.29. The highest BCUT2D eigenvalue weighted by Gasteiger charge is 2.38. The fourth-order valence-electron chi connectivity index (χ4n) is 1.49. The lowest BCUT2D eigenvalue weighted by atomic mass is 10.1. The second kappa shape index (κ2) is 5.84. The Morgan fingerprint density at radius 3 is 3.12 bits per heavy atom. The number of methoxy groups -OCH3 is 1. The minimum Gasteiger partial charge on any atom is -0.463 e. The summed E-state index contributed by atoms with van der Waals surface area (Å²) in [4.78, 5) is 15.1. The lowest BCUT2D eigenvalue weighted by Crippen LogP contribution is -2.37. The van der Waals surface area contributed by atoms with Gasteiger partial charge in [0.05, 0.1) is 17.7 Å². The van der Waals surface area contributed by atoms with Gasteiger partial charge in [0.1, 0.15) is 18.1 Å². The Labute approximate surface area is 105 Å². The molecule has 1 fully saturated rings. The molecule has 2 heterocycles. The molecule has 2 aliphatic rings. The molecular formula is C11H13NO4S. The molecule has 1 saturated heterocycles. The SMILES string of the molecule is COCC1=N[C@@H]2[C][C][C@H](COC(C)=O)O[C@@H]2S1. The van der Waals surface area contributed by atoms with Crippen LogP contribution in [0.5, 0.6) is 0 Å². The molecule has 2 aliphatic heterocycles. The second-order valence-electron chi connectivity index (χ2n) is 3.60. The average molecular weight is 255 g/mol. The minimum absolute atomic E-state index is 0.109. The summed E-state index contributed by atoms with van der Waals surface area (Å²) >= 11 is 1.52. The van der Waals surface area contributed by atoms with E-state index in [2.05, 4.69) is 17.8 Å². The van der Waals surface area contributed by atoms with Crippen molar-refractivity contribution in [3.63, 3.8) is 0 Å². The van der Waals surface area contributed by atoms with Crippen LogP contribution < -0.4 is 0 Å². The van der Waals surface area contributed by atoms with E-state index in [1.165, 1.54) is 18.7 Å². The first-order valence-electron chi connectivity index (χ1n) is 5.21. The van der Waals surface area contributed by atoms with E-state index in [-0.39, 0.29) is 30.2 Å². The lowest BCUT2D eigenvalue weighted by molar-refractivity contribution is -0.145. The fraction of sp³-hybridized carbons (Fsp3) is 0.636. The molecule has 0 saturated carbocycles. The first-order chi connectivity index (χ1) is 8.19. The monoisotopic (exact) mass is 255 g/mol. The number of aliphatic imine (C=N–C) groups is 1. The fourth-order valence-corrected chi connectivity index (χ4v) is 2.57. The standard InChI is InChI=1S/C11H13NO4S/c1-7(13)15-5-8-3-4-9-11(16-8)17-10(12-9)6-14-2/h8-9,11H,5-6H2,1-2H3/t8-,9-,11-/m1/s1. The zero-order valence-corrected chi connectivity index (χ0v) is 10.5. The van der Waals surface area contributed by atoms with Crippen LogP contribution in [0, 0.1) is 12.8 Å². The number of hydrogen-bond donors (Lipinski definition) is 0. The summed E-state index contributed by atoms with van der Waals surface area (Å²) in [6.07, 6.45) is 5.55. The third-order valence-electron chi connectivity index (χ3n) is 2.19. The number of carbonyl (C=O) groups excluding carboxylic acids is 1. The summed E-state index contributed by atoms with van der Waals surface area (Å²) in [5, 5.41) is 0.893. The van der Waals surface area contributed by atoms with E-state index in [1.807, 2.05) is 0 Å². The third kappa shape index (κ3) is 3.43. The molecule has 17 heavy (non-hydrogen) atoms. The van der Waals surface area contributed by atoms with Crippen LogP contribution in [0.1, 0.15) is 6.92 Å². The number of carbonyl (C=O) groups is 1. The molecule has 0 N–H and O–H groups in total. The van der Waals surface area contributed by atoms with Crippen LogP contribution in [-0.2, 0) is 19.0 Å². The van der Waals surface area contributed by atoms with Crippen molar-refractivity contribution in [2.24, 2.45) is 4.99 Å². The van der Waals surface area contributed by atoms with Crippen molar-refractivity contribution in [2.75, 3.05) is 20.3 Å². The van der Waals surface area contributed by atoms with Gasteiger partial charge in [0.2, 0.25) is 0 Å². The van der Waals surface area contributed by atoms with Gasteiger partial charge in [-0.1, -0.05) is 11.8 Å². The summed E-state index contributed by atoms with van der Waals surface area (Å²) < 4.78 is 15.6. The summed E-state index contributed by atoms with van der Waals surface area (Å²) in [6.45, 7) is 2.02. The Kier molecular flexibility index (Phi) is 4.42. The van der Waals surface area contributed by atoms with E-state index in [0.717, 1.165) is 5.04 Å². The van der Waals surface area contributed by atoms with Gasteiger partial charge in [-0.2, -0.15) is 0 Å². The number of ether oxygens (including phenoxy) is 3. The molecule has 0 aromatic rings. The summed E-state index contributed by atoms with van der Waals surface area (Å²) in [7, 11) is 1.63. The predicted octanol–water partition coefficient (Wildman–Crippen LogP) is 0.597. The van der Waals surface area contributed by atoms with Crippen LogP contribution >= 0.6 is 11.8 Å². The predicted molar refractivity (Wildman–Crippen MR) is 62.5 cm³/mol. The first-order valence-corrected chi connectivity index (χ1v) is 6.09. The Morgan fingerprint density at radius 2 is 2.41 bits per heavy atom. The number of thioether (sulfide) groups is 1. The van der Waals surface area contributed by atoms with E-state index in [0.29, 0.717) is 6.61 Å². The Balaban J connectivity index is 1.80. The molecule has 0 amide bonds. The smallest absolute Gasteiger partial charge is 0.302 e. The average Bonchev–Trinajstić information content (AvgIpc) is 2.68. The van der Waals surface area contributed by atoms with Crippen molar-refractivity contribution in [1.82, 2.24) is 0 Å². The van der Waals surface area contributed by atoms with Crippen LogP contribution in [-0.4, -0.2) is 48.9 Å². The molecular weight excluding hydrogens is 242 g/mol. The van der Waals surface area contributed by atoms with Crippen molar-refractivity contribution in [3.05, 3.63) is 12.8 Å². The Bertz CT molecular complexity index is 321. The van der Waals surface area contributed by atoms with E-state index in [4.69, 9.17) is 14.2 Å². The molecule has 2 rings (SSSR count). The van der Waals surface area contributed by atoms with Gasteiger partial charge in [0.15, 0.2) is 0 Å². The quantitative estimate of drug-likeness (QED) is 0.688. The molecule has 4 radical (unpaired) electrons. The van der Waals surface area contributed by atoms with Gasteiger partial charge < -0.3 is 14.2 Å². The Hall–Kier alpha value is -0.590. The molecule has 0 aromatic heterocycles. The van der Waals surface area contributed by atoms with Crippen LogP contribution in [0.2, 0.25) is 0 Å². The molecule has 5 nitrogen and oxygen atoms in total. The van der Waals surface area contributed by atoms with Gasteiger partial charge in [-0.3, -0.25) is 9.79 Å². The summed E-state index contributed by atoms with van der Waals surface area (Å²) in [5.74, 6) is -0.326. The highest BCUT2D eigenvalue weighted by molar-refractivity contribution is 8.14. The van der Waals surface area contributed by atoms with E-state index in [1.54, 1.807) is 7.11 Å². The van der Waals surface area contributed by atoms with Crippen molar-refractivity contribution in [3.8, 4) is 0 Å². The van der Waals surface area contributed by atoms with Crippen molar-refractivity contribution in [2.45, 2.75) is 24.5 Å². The molecule has 0 aromatic carbocycles. The summed E-state index contributed by atoms with van der Waals surface area (Å²) in [5.41, 5.74) is -0.109. The van der Waals surface area contributed by atoms with Gasteiger partial charge in [-0.15, -0.1) is 0 Å². The molecule has 3 atom stereocenters. The number of rotatable bonds is 4. The zero-order chi connectivity index (χ0) is 12.3. The first kappa shape index (κ1) is 12.9. The van der Waals surface area contributed by atoms with E-state index < -0.39 is 0 Å². The van der Waals surface area contributed by atoms with Crippen molar-refractivity contribution < 1.29 is 19.0 Å². The van der Waals surface area contributed by atoms with Crippen molar-refractivity contribution in [1.29, 1.82) is 0 Å². The maximum Gasteiger partial charge on any atom is 0.302 e. The zero-order valence-electron chi connectivity index (χ0n) is 9.63. The maximum absolute atomic E-state index is 10.7. The number of fused-ring (bicyclic) bond motifs is 1. The van der Waals surface area contributed by atoms with Crippen molar-refractivity contribution >= 4 is 22.8 Å². The topological polar surface area (TPSA) is 57.1 Å². The van der Waals surface area contributed by atoms with E-state index >= 15 is 0 Å². The van der Waals surface area contributed by atoms with Crippen LogP contribution in [0.25, 0.3) is 0 Å². The highest BCUT2D eigenvalue weighted by atomic mass is 32.2. The number of esters is 1. The number of nitrogens with zero attached hydrogens (tertiary/aromatic N) is 1. The van der Waals surface area contributed by atoms with Gasteiger partial charge in [-0.05, 0) is 0 Å². The molecule has 0 aliphatic carbocycles. The normalized spacial score (nSPS) is 31.9. The third-order valence-corrected chi connectivity index (χ3v) is 3.29. The van der Waals surface area contributed by atoms with Crippen LogP contribution in [0.15, 0.2) is 4.99 Å². The van der Waals surface area contributed by atoms with Gasteiger partial charge >= 0.3 is 5.97 Å². The van der Waals surface area contributed by atoms with Crippen LogP contribution in [0.3, 0.4) is 0 Å². The van der Waals surface area contributed by atoms with Gasteiger partial charge in [0, 0.05) is 26.9 Å². The molecule has 0 spiro atoms. The maximum atomic E-state index is 10.7. The Morgan fingerprint density at radius 1 is 1.59 bits per heavy atom. The molecule has 0 unspecified atom stereocenters. The molecule has 0 bridgehead atoms. The van der Waals surface area contributed by atoms with E-state index in [9.17, 15) is 4.79 Å². The minimum atomic E-state index is -0.357. The molecule has 6 heteroatoms. The molecule has 92 valence electrons. The second-order valence-corrected chi connectivity index (χ2v) is 4.77. The largest absolute Gasteiger partial charge is 0.463 e. The van der Waals surface area contributed by atoms with Gasteiger partial charge in [-0.25, -0.2) is 0 Å². The highest BCUT2D eigenvalue weighted by Crippen LogP contribution is 2.35. The van der Waals surface area contributed by atoms with Gasteiger partial charge in [0.25, 0.3) is 0 Å².